The Kier molecular flexibility index (Phi) is 8.49. The fourth-order valence-electron chi connectivity index (χ4n) is 3.47. The van der Waals surface area contributed by atoms with Gasteiger partial charge < -0.3 is 36.3 Å². The second kappa shape index (κ2) is 11.3. The van der Waals surface area contributed by atoms with Gasteiger partial charge in [0.15, 0.2) is 5.82 Å². The zero-order valence-electron chi connectivity index (χ0n) is 18.3. The summed E-state index contributed by atoms with van der Waals surface area (Å²) in [5.74, 6) is 1.07. The Morgan fingerprint density at radius 1 is 1.06 bits per heavy atom. The zero-order chi connectivity index (χ0) is 22.4. The molecule has 0 unspecified atom stereocenters. The molecular formula is C24H26BrFN4O3. The number of likely N-dealkylation sites (N-methyl/N-ethyl adjacent to an activating group) is 1. The maximum atomic E-state index is 13.0. The summed E-state index contributed by atoms with van der Waals surface area (Å²) in [6.07, 6.45) is 1.58. The molecule has 0 saturated carbocycles. The number of carbonyl (C=O) groups excluding carboxylic acids is 1. The standard InChI is InChI=1S/C24H25FN4O3.BrH/c1-29(14-16-31-17-15-29)13-12-27-24(30)22-10-11-26-23(28-22)18-2-6-20(7-3-18)32-21-8-4-19(25)5-9-21;/h2-11H,12-17H2,1H3;1H. The third-order valence-corrected chi connectivity index (χ3v) is 5.54. The third kappa shape index (κ3) is 6.80. The van der Waals surface area contributed by atoms with Gasteiger partial charge in [-0.1, -0.05) is 0 Å². The summed E-state index contributed by atoms with van der Waals surface area (Å²) in [5, 5.41) is 2.96. The maximum absolute atomic E-state index is 13.0. The van der Waals surface area contributed by atoms with Crippen LogP contribution >= 0.6 is 0 Å². The molecule has 0 spiro atoms. The van der Waals surface area contributed by atoms with Crippen LogP contribution in [0.4, 0.5) is 4.39 Å². The van der Waals surface area contributed by atoms with Gasteiger partial charge in [-0.3, -0.25) is 4.79 Å². The summed E-state index contributed by atoms with van der Waals surface area (Å²) >= 11 is 0. The van der Waals surface area contributed by atoms with Gasteiger partial charge in [-0.25, -0.2) is 14.4 Å². The van der Waals surface area contributed by atoms with E-state index in [1.807, 2.05) is 12.1 Å². The van der Waals surface area contributed by atoms with Crippen LogP contribution in [-0.2, 0) is 4.74 Å². The van der Waals surface area contributed by atoms with Crippen molar-refractivity contribution in [2.24, 2.45) is 0 Å². The highest BCUT2D eigenvalue weighted by molar-refractivity contribution is 5.92. The van der Waals surface area contributed by atoms with Gasteiger partial charge in [-0.2, -0.15) is 0 Å². The van der Waals surface area contributed by atoms with Gasteiger partial charge in [0, 0.05) is 11.8 Å². The highest BCUT2D eigenvalue weighted by Crippen LogP contribution is 2.24. The molecule has 1 N–H and O–H groups in total. The smallest absolute Gasteiger partial charge is 0.270 e. The van der Waals surface area contributed by atoms with E-state index in [1.165, 1.54) is 12.1 Å². The first kappa shape index (κ1) is 24.8. The first-order valence-corrected chi connectivity index (χ1v) is 10.6. The summed E-state index contributed by atoms with van der Waals surface area (Å²) in [6, 6.07) is 14.6. The lowest BCUT2D eigenvalue weighted by Gasteiger charge is -2.37. The third-order valence-electron chi connectivity index (χ3n) is 5.54. The van der Waals surface area contributed by atoms with Crippen molar-refractivity contribution in [2.45, 2.75) is 0 Å². The minimum atomic E-state index is -0.314. The van der Waals surface area contributed by atoms with Crippen LogP contribution in [0.15, 0.2) is 60.8 Å². The Bertz CT molecular complexity index is 1060. The molecule has 1 amide bonds. The Balaban J connectivity index is 0.00000306. The number of aromatic nitrogens is 2. The minimum Gasteiger partial charge on any atom is -1.00 e. The molecule has 1 fully saturated rings. The first-order chi connectivity index (χ1) is 15.5. The number of quaternary nitrogens is 1. The molecule has 1 saturated heterocycles. The molecule has 1 aliphatic heterocycles. The zero-order valence-corrected chi connectivity index (χ0v) is 19.9. The number of carbonyl (C=O) groups is 1. The van der Waals surface area contributed by atoms with Crippen molar-refractivity contribution in [2.75, 3.05) is 46.4 Å². The van der Waals surface area contributed by atoms with E-state index >= 15 is 0 Å². The Hall–Kier alpha value is -2.88. The Labute approximate surface area is 202 Å². The maximum Gasteiger partial charge on any atom is 0.270 e. The summed E-state index contributed by atoms with van der Waals surface area (Å²) in [6.45, 7) is 4.84. The van der Waals surface area contributed by atoms with Crippen LogP contribution in [0.1, 0.15) is 10.5 Å². The van der Waals surface area contributed by atoms with Gasteiger partial charge in [0.2, 0.25) is 0 Å². The second-order valence-corrected chi connectivity index (χ2v) is 8.00. The van der Waals surface area contributed by atoms with Crippen molar-refractivity contribution in [1.82, 2.24) is 15.3 Å². The monoisotopic (exact) mass is 516 g/mol. The van der Waals surface area contributed by atoms with E-state index in [0.29, 0.717) is 29.6 Å². The van der Waals surface area contributed by atoms with E-state index in [0.717, 1.165) is 42.9 Å². The van der Waals surface area contributed by atoms with Crippen LogP contribution in [0.3, 0.4) is 0 Å². The highest BCUT2D eigenvalue weighted by Gasteiger charge is 2.25. The molecule has 0 radical (unpaired) electrons. The topological polar surface area (TPSA) is 73.3 Å². The van der Waals surface area contributed by atoms with Gasteiger partial charge in [0.1, 0.15) is 36.1 Å². The lowest BCUT2D eigenvalue weighted by molar-refractivity contribution is -0.915. The summed E-state index contributed by atoms with van der Waals surface area (Å²) < 4.78 is 25.0. The van der Waals surface area contributed by atoms with Crippen molar-refractivity contribution >= 4 is 5.91 Å². The van der Waals surface area contributed by atoms with Crippen LogP contribution < -0.4 is 27.0 Å². The molecule has 9 heteroatoms. The van der Waals surface area contributed by atoms with Crippen molar-refractivity contribution in [1.29, 1.82) is 0 Å². The molecule has 0 aliphatic carbocycles. The van der Waals surface area contributed by atoms with Gasteiger partial charge in [-0.05, 0) is 54.6 Å². The van der Waals surface area contributed by atoms with Gasteiger partial charge in [-0.15, -0.1) is 0 Å². The van der Waals surface area contributed by atoms with Crippen LogP contribution in [0.25, 0.3) is 11.4 Å². The van der Waals surface area contributed by atoms with Crippen LogP contribution in [0.5, 0.6) is 11.5 Å². The number of nitrogens with one attached hydrogen (secondary N) is 1. The van der Waals surface area contributed by atoms with Crippen molar-refractivity contribution in [3.63, 3.8) is 0 Å². The molecule has 33 heavy (non-hydrogen) atoms. The van der Waals surface area contributed by atoms with E-state index in [2.05, 4.69) is 22.3 Å². The Morgan fingerprint density at radius 2 is 1.70 bits per heavy atom. The number of halogens is 2. The molecule has 0 atom stereocenters. The lowest BCUT2D eigenvalue weighted by Crippen LogP contribution is -3.00. The Morgan fingerprint density at radius 3 is 2.36 bits per heavy atom. The molecule has 2 heterocycles. The summed E-state index contributed by atoms with van der Waals surface area (Å²) in [7, 11) is 2.18. The normalized spacial score (nSPS) is 14.7. The van der Waals surface area contributed by atoms with Crippen molar-refractivity contribution < 1.29 is 40.1 Å². The number of hydrogen-bond donors (Lipinski definition) is 1. The molecule has 2 aromatic carbocycles. The molecule has 1 aromatic heterocycles. The molecule has 7 nitrogen and oxygen atoms in total. The number of benzene rings is 2. The highest BCUT2D eigenvalue weighted by atomic mass is 79.9. The largest absolute Gasteiger partial charge is 1.00 e. The SMILES string of the molecule is C[N+]1(CCNC(=O)c2ccnc(-c3ccc(Oc4ccc(F)cc4)cc3)n2)CCOCC1.[Br-]. The second-order valence-electron chi connectivity index (χ2n) is 8.00. The van der Waals surface area contributed by atoms with E-state index in [4.69, 9.17) is 9.47 Å². The van der Waals surface area contributed by atoms with Crippen LogP contribution in [0.2, 0.25) is 0 Å². The summed E-state index contributed by atoms with van der Waals surface area (Å²) in [4.78, 5) is 21.3. The fourth-order valence-corrected chi connectivity index (χ4v) is 3.47. The van der Waals surface area contributed by atoms with E-state index in [-0.39, 0.29) is 28.7 Å². The molecule has 1 aliphatic rings. The van der Waals surface area contributed by atoms with Gasteiger partial charge in [0.25, 0.3) is 5.91 Å². The van der Waals surface area contributed by atoms with Gasteiger partial charge in [0.05, 0.1) is 33.4 Å². The molecule has 174 valence electrons. The number of nitrogens with zero attached hydrogens (tertiary/aromatic N) is 3. The fraction of sp³-hybridized carbons (Fsp3) is 0.292. The van der Waals surface area contributed by atoms with Crippen molar-refractivity contribution in [3.05, 3.63) is 72.3 Å². The first-order valence-electron chi connectivity index (χ1n) is 10.6. The van der Waals surface area contributed by atoms with Crippen molar-refractivity contribution in [3.8, 4) is 22.9 Å². The van der Waals surface area contributed by atoms with E-state index < -0.39 is 0 Å². The number of ether oxygens (including phenoxy) is 2. The number of hydrogen-bond acceptors (Lipinski definition) is 5. The van der Waals surface area contributed by atoms with E-state index in [1.54, 1.807) is 36.5 Å². The van der Waals surface area contributed by atoms with Crippen LogP contribution in [-0.4, -0.2) is 66.8 Å². The number of rotatable bonds is 7. The van der Waals surface area contributed by atoms with Crippen LogP contribution in [0, 0.1) is 5.82 Å². The molecule has 4 rings (SSSR count). The minimum absolute atomic E-state index is 0. The number of morpholine rings is 1. The number of amides is 1. The van der Waals surface area contributed by atoms with Gasteiger partial charge >= 0.3 is 0 Å². The molecule has 3 aromatic rings. The molecular weight excluding hydrogens is 491 g/mol. The lowest BCUT2D eigenvalue weighted by atomic mass is 10.2. The van der Waals surface area contributed by atoms with E-state index in [9.17, 15) is 9.18 Å². The predicted molar refractivity (Wildman–Crippen MR) is 118 cm³/mol. The average Bonchev–Trinajstić information content (AvgIpc) is 2.81. The predicted octanol–water partition coefficient (Wildman–Crippen LogP) is 0.286. The molecule has 0 bridgehead atoms. The summed E-state index contributed by atoms with van der Waals surface area (Å²) in [5.41, 5.74) is 1.09. The quantitative estimate of drug-likeness (QED) is 0.457. The average molecular weight is 517 g/mol.